The lowest BCUT2D eigenvalue weighted by Crippen LogP contribution is -2.50. The van der Waals surface area contributed by atoms with Crippen molar-refractivity contribution in [1.82, 2.24) is 5.32 Å². The number of anilines is 1. The molecule has 3 rings (SSSR count). The van der Waals surface area contributed by atoms with Gasteiger partial charge in [0.25, 0.3) is 0 Å². The second-order valence-corrected chi connectivity index (χ2v) is 5.93. The van der Waals surface area contributed by atoms with Gasteiger partial charge in [-0.05, 0) is 48.9 Å². The first kappa shape index (κ1) is 18.7. The number of alkyl halides is 3. The Morgan fingerprint density at radius 1 is 1.15 bits per heavy atom. The largest absolute Gasteiger partial charge is 0.573 e. The third-order valence-electron chi connectivity index (χ3n) is 4.06. The van der Waals surface area contributed by atoms with Crippen LogP contribution in [-0.4, -0.2) is 35.9 Å². The quantitative estimate of drug-likeness (QED) is 0.741. The molecule has 0 spiro atoms. The van der Waals surface area contributed by atoms with Crippen LogP contribution in [0, 0.1) is 0 Å². The molecule has 0 bridgehead atoms. The van der Waals surface area contributed by atoms with E-state index in [9.17, 15) is 22.8 Å². The van der Waals surface area contributed by atoms with Crippen molar-refractivity contribution in [2.24, 2.45) is 0 Å². The normalized spacial score (nSPS) is 16.3. The molecule has 0 unspecified atom stereocenters. The van der Waals surface area contributed by atoms with Gasteiger partial charge in [0.2, 0.25) is 5.91 Å². The summed E-state index contributed by atoms with van der Waals surface area (Å²) in [6.45, 7) is 0.734. The van der Waals surface area contributed by atoms with E-state index in [1.807, 2.05) is 0 Å². The van der Waals surface area contributed by atoms with Crippen LogP contribution in [0.15, 0.2) is 42.5 Å². The molecule has 0 aliphatic carbocycles. The van der Waals surface area contributed by atoms with Crippen LogP contribution in [0.5, 0.6) is 5.75 Å². The summed E-state index contributed by atoms with van der Waals surface area (Å²) in [6, 6.07) is 8.76. The van der Waals surface area contributed by atoms with Gasteiger partial charge in [-0.25, -0.2) is 4.79 Å². The van der Waals surface area contributed by atoms with Crippen LogP contribution in [0.25, 0.3) is 11.1 Å². The highest BCUT2D eigenvalue weighted by atomic mass is 19.4. The maximum atomic E-state index is 12.7. The van der Waals surface area contributed by atoms with Crippen molar-refractivity contribution in [1.29, 1.82) is 0 Å². The van der Waals surface area contributed by atoms with Crippen molar-refractivity contribution in [2.45, 2.75) is 18.8 Å². The number of ether oxygens (including phenoxy) is 1. The Balaban J connectivity index is 1.94. The summed E-state index contributed by atoms with van der Waals surface area (Å²) in [6.07, 6.45) is -4.21. The molecule has 1 amide bonds. The van der Waals surface area contributed by atoms with Crippen LogP contribution < -0.4 is 15.4 Å². The molecular weight excluding hydrogens is 365 g/mol. The number of carboxylic acids is 1. The molecule has 3 N–H and O–H groups in total. The number of nitrogens with one attached hydrogen (secondary N) is 2. The fourth-order valence-corrected chi connectivity index (χ4v) is 2.58. The van der Waals surface area contributed by atoms with Gasteiger partial charge in [-0.2, -0.15) is 0 Å². The van der Waals surface area contributed by atoms with Gasteiger partial charge in [0.15, 0.2) is 0 Å². The number of amides is 1. The summed E-state index contributed by atoms with van der Waals surface area (Å²) in [7, 11) is 0. The molecule has 0 aromatic heterocycles. The number of benzene rings is 2. The van der Waals surface area contributed by atoms with Crippen molar-refractivity contribution >= 4 is 17.6 Å². The summed E-state index contributed by atoms with van der Waals surface area (Å²) in [4.78, 5) is 23.0. The lowest BCUT2D eigenvalue weighted by atomic mass is 10.0. The zero-order valence-corrected chi connectivity index (χ0v) is 13.8. The van der Waals surface area contributed by atoms with E-state index >= 15 is 0 Å². The number of hydrogen-bond acceptors (Lipinski definition) is 4. The molecule has 1 aliphatic rings. The number of halogens is 3. The average molecular weight is 380 g/mol. The lowest BCUT2D eigenvalue weighted by Gasteiger charge is -2.26. The average Bonchev–Trinajstić information content (AvgIpc) is 2.53. The number of carboxylic acid groups (broad SMARTS) is 1. The molecule has 1 saturated heterocycles. The van der Waals surface area contributed by atoms with Gasteiger partial charge in [0, 0.05) is 11.3 Å². The number of aromatic carboxylic acids is 1. The van der Waals surface area contributed by atoms with Gasteiger partial charge >= 0.3 is 12.3 Å². The highest BCUT2D eigenvalue weighted by Gasteiger charge is 2.32. The molecule has 0 radical (unpaired) electrons. The number of carbonyl (C=O) groups is 2. The molecular formula is C18H15F3N2O4. The molecule has 9 heteroatoms. The Morgan fingerprint density at radius 3 is 2.33 bits per heavy atom. The minimum Gasteiger partial charge on any atom is -0.478 e. The van der Waals surface area contributed by atoms with Gasteiger partial charge in [-0.1, -0.05) is 12.1 Å². The fourth-order valence-electron chi connectivity index (χ4n) is 2.58. The predicted molar refractivity (Wildman–Crippen MR) is 90.6 cm³/mol. The topological polar surface area (TPSA) is 87.7 Å². The van der Waals surface area contributed by atoms with Crippen LogP contribution in [-0.2, 0) is 4.79 Å². The number of carbonyl (C=O) groups excluding carboxylic acids is 1. The monoisotopic (exact) mass is 380 g/mol. The minimum atomic E-state index is -4.89. The summed E-state index contributed by atoms with van der Waals surface area (Å²) < 4.78 is 42.2. The SMILES string of the molecule is O=C(O)c1ccc(-c2cc(NC(=O)[C@@H]3CCN3)ccc2OC(F)(F)F)cc1. The molecule has 1 atom stereocenters. The van der Waals surface area contributed by atoms with Gasteiger partial charge in [-0.3, -0.25) is 4.79 Å². The molecule has 1 fully saturated rings. The molecule has 27 heavy (non-hydrogen) atoms. The van der Waals surface area contributed by atoms with E-state index in [-0.39, 0.29) is 23.1 Å². The van der Waals surface area contributed by atoms with E-state index in [4.69, 9.17) is 5.11 Å². The van der Waals surface area contributed by atoms with Crippen molar-refractivity contribution in [3.05, 3.63) is 48.0 Å². The van der Waals surface area contributed by atoms with Crippen LogP contribution in [0.3, 0.4) is 0 Å². The van der Waals surface area contributed by atoms with Crippen LogP contribution in [0.4, 0.5) is 18.9 Å². The molecule has 6 nitrogen and oxygen atoms in total. The van der Waals surface area contributed by atoms with Crippen molar-refractivity contribution in [3.8, 4) is 16.9 Å². The van der Waals surface area contributed by atoms with Crippen molar-refractivity contribution in [2.75, 3.05) is 11.9 Å². The van der Waals surface area contributed by atoms with E-state index in [1.54, 1.807) is 0 Å². The molecule has 1 heterocycles. The highest BCUT2D eigenvalue weighted by molar-refractivity contribution is 5.96. The minimum absolute atomic E-state index is 0.00226. The first-order chi connectivity index (χ1) is 12.7. The number of rotatable bonds is 5. The first-order valence-electron chi connectivity index (χ1n) is 8.01. The molecule has 2 aromatic carbocycles. The van der Waals surface area contributed by atoms with Gasteiger partial charge in [0.1, 0.15) is 5.75 Å². The zero-order chi connectivity index (χ0) is 19.6. The van der Waals surface area contributed by atoms with Crippen LogP contribution in [0.2, 0.25) is 0 Å². The third-order valence-corrected chi connectivity index (χ3v) is 4.06. The smallest absolute Gasteiger partial charge is 0.478 e. The Bertz CT molecular complexity index is 862. The van der Waals surface area contributed by atoms with Crippen LogP contribution >= 0.6 is 0 Å². The maximum absolute atomic E-state index is 12.7. The summed E-state index contributed by atoms with van der Waals surface area (Å²) >= 11 is 0. The van der Waals surface area contributed by atoms with Gasteiger partial charge < -0.3 is 20.5 Å². The Kier molecular flexibility index (Phi) is 5.04. The molecule has 2 aromatic rings. The second-order valence-electron chi connectivity index (χ2n) is 5.93. The Morgan fingerprint density at radius 2 is 1.81 bits per heavy atom. The van der Waals surface area contributed by atoms with E-state index < -0.39 is 18.1 Å². The van der Waals surface area contributed by atoms with Crippen molar-refractivity contribution < 1.29 is 32.6 Å². The zero-order valence-electron chi connectivity index (χ0n) is 13.8. The summed E-state index contributed by atoms with van der Waals surface area (Å²) in [5.74, 6) is -1.88. The Hall–Kier alpha value is -3.07. The van der Waals surface area contributed by atoms with Crippen LogP contribution in [0.1, 0.15) is 16.8 Å². The summed E-state index contributed by atoms with van der Waals surface area (Å²) in [5.41, 5.74) is 0.693. The third kappa shape index (κ3) is 4.56. The highest BCUT2D eigenvalue weighted by Crippen LogP contribution is 2.36. The maximum Gasteiger partial charge on any atom is 0.573 e. The standard InChI is InChI=1S/C18H15F3N2O4/c19-18(20,21)27-15-6-5-12(23-16(24)14-7-8-22-14)9-13(15)10-1-3-11(4-2-10)17(25)26/h1-6,9,14,22H,7-8H2,(H,23,24)(H,25,26)/t14-/m0/s1. The molecule has 1 aliphatic heterocycles. The molecule has 0 saturated carbocycles. The van der Waals surface area contributed by atoms with E-state index in [2.05, 4.69) is 15.4 Å². The Labute approximate surface area is 151 Å². The predicted octanol–water partition coefficient (Wildman–Crippen LogP) is 3.25. The first-order valence-corrected chi connectivity index (χ1v) is 8.01. The van der Waals surface area contributed by atoms with E-state index in [0.717, 1.165) is 12.6 Å². The van der Waals surface area contributed by atoms with E-state index in [0.29, 0.717) is 17.7 Å². The van der Waals surface area contributed by atoms with Gasteiger partial charge in [-0.15, -0.1) is 13.2 Å². The van der Waals surface area contributed by atoms with E-state index in [1.165, 1.54) is 36.4 Å². The van der Waals surface area contributed by atoms with Gasteiger partial charge in [0.05, 0.1) is 11.6 Å². The number of hydrogen-bond donors (Lipinski definition) is 3. The van der Waals surface area contributed by atoms with Crippen molar-refractivity contribution in [3.63, 3.8) is 0 Å². The molecule has 142 valence electrons. The second kappa shape index (κ2) is 7.28. The fraction of sp³-hybridized carbons (Fsp3) is 0.222. The lowest BCUT2D eigenvalue weighted by molar-refractivity contribution is -0.274. The summed E-state index contributed by atoms with van der Waals surface area (Å²) in [5, 5.41) is 14.5.